The summed E-state index contributed by atoms with van der Waals surface area (Å²) in [6.07, 6.45) is 3.17. The van der Waals surface area contributed by atoms with Gasteiger partial charge < -0.3 is 15.3 Å². The summed E-state index contributed by atoms with van der Waals surface area (Å²) in [5, 5.41) is 22.1. The maximum atomic E-state index is 14.3. The van der Waals surface area contributed by atoms with Crippen molar-refractivity contribution in [2.45, 2.75) is 65.2 Å². The normalized spacial score (nSPS) is 21.9. The van der Waals surface area contributed by atoms with E-state index in [1.165, 1.54) is 24.3 Å². The Morgan fingerprint density at radius 2 is 1.68 bits per heavy atom. The molecule has 2 fully saturated rings. The zero-order chi connectivity index (χ0) is 30.8. The van der Waals surface area contributed by atoms with E-state index in [1.54, 1.807) is 23.1 Å². The van der Waals surface area contributed by atoms with Crippen LogP contribution >= 0.6 is 23.2 Å². The van der Waals surface area contributed by atoms with E-state index < -0.39 is 17.2 Å². The summed E-state index contributed by atoms with van der Waals surface area (Å²) in [7, 11) is 0. The Kier molecular flexibility index (Phi) is 12.9. The molecule has 4 rings (SSSR count). The van der Waals surface area contributed by atoms with E-state index in [1.807, 2.05) is 0 Å². The molecule has 6 nitrogen and oxygen atoms in total. The molecule has 2 aromatic rings. The number of aliphatic carboxylic acids is 1. The third-order valence-corrected chi connectivity index (χ3v) is 7.32. The zero-order valence-electron chi connectivity index (χ0n) is 24.0. The fraction of sp³-hybridized carbons (Fsp3) is 0.516. The lowest BCUT2D eigenvalue weighted by Crippen LogP contribution is -2.42. The van der Waals surface area contributed by atoms with Crippen LogP contribution in [0.15, 0.2) is 42.5 Å². The number of nitriles is 1. The van der Waals surface area contributed by atoms with Crippen molar-refractivity contribution in [1.29, 1.82) is 5.26 Å². The van der Waals surface area contributed by atoms with Crippen LogP contribution in [0.5, 0.6) is 0 Å². The monoisotopic (exact) mass is 609 g/mol. The lowest BCUT2D eigenvalue weighted by Gasteiger charge is -2.27. The van der Waals surface area contributed by atoms with Crippen molar-refractivity contribution in [2.24, 2.45) is 17.3 Å². The molecule has 2 amide bonds. The van der Waals surface area contributed by atoms with Crippen LogP contribution in [0.25, 0.3) is 0 Å². The highest BCUT2D eigenvalue weighted by Crippen LogP contribution is 2.36. The Labute approximate surface area is 251 Å². The number of amides is 2. The minimum Gasteiger partial charge on any atom is -0.481 e. The van der Waals surface area contributed by atoms with Crippen molar-refractivity contribution in [3.63, 3.8) is 0 Å². The van der Waals surface area contributed by atoms with Gasteiger partial charge in [0.05, 0.1) is 17.0 Å². The molecule has 1 aliphatic carbocycles. The van der Waals surface area contributed by atoms with Gasteiger partial charge in [-0.25, -0.2) is 13.6 Å². The molecule has 0 aromatic heterocycles. The molecule has 0 spiro atoms. The van der Waals surface area contributed by atoms with E-state index in [-0.39, 0.29) is 45.8 Å². The fourth-order valence-electron chi connectivity index (χ4n) is 4.63. The second-order valence-corrected chi connectivity index (χ2v) is 13.0. The molecule has 0 radical (unpaired) electrons. The number of carbonyl (C=O) groups is 2. The first-order valence-electron chi connectivity index (χ1n) is 13.7. The number of nitrogens with one attached hydrogen (secondary N) is 1. The SMILES string of the molecule is CC(C)(C)C.Fc1ccccc1Cl.N#CC1(c2ccc(Cl)cc2F)CCN(C(=O)NCC2CCC(C(=O)O)CC2)C1. The predicted octanol–water partition coefficient (Wildman–Crippen LogP) is 8.08. The highest BCUT2D eigenvalue weighted by atomic mass is 35.5. The third kappa shape index (κ3) is 11.1. The summed E-state index contributed by atoms with van der Waals surface area (Å²) < 4.78 is 26.5. The van der Waals surface area contributed by atoms with Gasteiger partial charge in [-0.3, -0.25) is 4.79 Å². The van der Waals surface area contributed by atoms with Crippen LogP contribution in [0.2, 0.25) is 10.0 Å². The predicted molar refractivity (Wildman–Crippen MR) is 158 cm³/mol. The largest absolute Gasteiger partial charge is 0.481 e. The van der Waals surface area contributed by atoms with Crippen LogP contribution in [0, 0.1) is 40.2 Å². The molecule has 1 unspecified atom stereocenters. The van der Waals surface area contributed by atoms with E-state index in [0.717, 1.165) is 12.8 Å². The number of likely N-dealkylation sites (tertiary alicyclic amines) is 1. The molecule has 1 saturated carbocycles. The number of carboxylic acids is 1. The first kappa shape index (κ1) is 34.3. The third-order valence-electron chi connectivity index (χ3n) is 6.78. The number of nitrogens with zero attached hydrogens (tertiary/aromatic N) is 2. The van der Waals surface area contributed by atoms with Crippen LogP contribution in [-0.4, -0.2) is 41.6 Å². The number of carbonyl (C=O) groups excluding carboxylic acids is 1. The molecule has 1 atom stereocenters. The number of urea groups is 1. The quantitative estimate of drug-likeness (QED) is 0.366. The van der Waals surface area contributed by atoms with E-state index in [9.17, 15) is 23.6 Å². The van der Waals surface area contributed by atoms with Gasteiger partial charge in [0.25, 0.3) is 0 Å². The summed E-state index contributed by atoms with van der Waals surface area (Å²) >= 11 is 11.1. The molecule has 2 aliphatic rings. The first-order valence-corrected chi connectivity index (χ1v) is 14.4. The van der Waals surface area contributed by atoms with Crippen LogP contribution in [0.1, 0.15) is 65.4 Å². The smallest absolute Gasteiger partial charge is 0.317 e. The maximum Gasteiger partial charge on any atom is 0.317 e. The van der Waals surface area contributed by atoms with Gasteiger partial charge in [0.1, 0.15) is 17.0 Å². The molecule has 2 N–H and O–H groups in total. The second kappa shape index (κ2) is 15.4. The van der Waals surface area contributed by atoms with Crippen LogP contribution < -0.4 is 5.32 Å². The van der Waals surface area contributed by atoms with Gasteiger partial charge in [-0.15, -0.1) is 0 Å². The summed E-state index contributed by atoms with van der Waals surface area (Å²) in [6.45, 7) is 9.73. The van der Waals surface area contributed by atoms with Gasteiger partial charge in [0.15, 0.2) is 0 Å². The van der Waals surface area contributed by atoms with Crippen LogP contribution in [-0.2, 0) is 10.2 Å². The van der Waals surface area contributed by atoms with Gasteiger partial charge in [-0.2, -0.15) is 5.26 Å². The van der Waals surface area contributed by atoms with Gasteiger partial charge in [0, 0.05) is 30.2 Å². The minimum absolute atomic E-state index is 0.125. The van der Waals surface area contributed by atoms with Crippen LogP contribution in [0.4, 0.5) is 13.6 Å². The molecule has 2 aromatic carbocycles. The van der Waals surface area contributed by atoms with Crippen molar-refractivity contribution in [3.8, 4) is 6.07 Å². The number of rotatable bonds is 4. The highest BCUT2D eigenvalue weighted by molar-refractivity contribution is 6.30. The van der Waals surface area contributed by atoms with Crippen LogP contribution in [0.3, 0.4) is 0 Å². The summed E-state index contributed by atoms with van der Waals surface area (Å²) in [4.78, 5) is 25.1. The summed E-state index contributed by atoms with van der Waals surface area (Å²) in [5.41, 5.74) is -0.312. The number of carboxylic acid groups (broad SMARTS) is 1. The minimum atomic E-state index is -1.08. The molecule has 1 aliphatic heterocycles. The van der Waals surface area contributed by atoms with E-state index >= 15 is 0 Å². The van der Waals surface area contributed by atoms with Gasteiger partial charge in [-0.05, 0) is 67.7 Å². The van der Waals surface area contributed by atoms with E-state index in [2.05, 4.69) is 39.1 Å². The van der Waals surface area contributed by atoms with Crippen molar-refractivity contribution in [1.82, 2.24) is 10.2 Å². The van der Waals surface area contributed by atoms with Crippen molar-refractivity contribution in [2.75, 3.05) is 19.6 Å². The lowest BCUT2D eigenvalue weighted by molar-refractivity contribution is -0.143. The summed E-state index contributed by atoms with van der Waals surface area (Å²) in [5.74, 6) is -1.67. The topological polar surface area (TPSA) is 93.4 Å². The zero-order valence-corrected chi connectivity index (χ0v) is 25.5. The molecule has 10 heteroatoms. The van der Waals surface area contributed by atoms with E-state index in [4.69, 9.17) is 28.3 Å². The van der Waals surface area contributed by atoms with E-state index in [0.29, 0.717) is 37.8 Å². The molecule has 224 valence electrons. The molecule has 0 bridgehead atoms. The fourth-order valence-corrected chi connectivity index (χ4v) is 4.92. The molecular formula is C31H39Cl2F2N3O3. The molecule has 1 heterocycles. The number of benzene rings is 2. The number of hydrogen-bond donors (Lipinski definition) is 2. The molecule has 1 saturated heterocycles. The van der Waals surface area contributed by atoms with Crippen molar-refractivity contribution in [3.05, 3.63) is 69.7 Å². The van der Waals surface area contributed by atoms with Crippen molar-refractivity contribution >= 4 is 35.2 Å². The molecule has 41 heavy (non-hydrogen) atoms. The highest BCUT2D eigenvalue weighted by Gasteiger charge is 2.43. The Morgan fingerprint density at radius 3 is 2.17 bits per heavy atom. The Morgan fingerprint density at radius 1 is 1.07 bits per heavy atom. The Hall–Kier alpha value is -2.89. The Bertz CT molecular complexity index is 1200. The van der Waals surface area contributed by atoms with Crippen molar-refractivity contribution < 1.29 is 23.5 Å². The van der Waals surface area contributed by atoms with Gasteiger partial charge in [0.2, 0.25) is 0 Å². The lowest BCUT2D eigenvalue weighted by atomic mass is 9.81. The summed E-state index contributed by atoms with van der Waals surface area (Å²) in [6, 6.07) is 12.3. The maximum absolute atomic E-state index is 14.3. The van der Waals surface area contributed by atoms with Gasteiger partial charge >= 0.3 is 12.0 Å². The average Bonchev–Trinajstić information content (AvgIpc) is 3.34. The number of hydrogen-bond acceptors (Lipinski definition) is 3. The molecular weight excluding hydrogens is 571 g/mol. The standard InChI is InChI=1S/C20H23ClFN3O3.C6H4ClF.C5H12/c21-15-5-6-16(17(22)9-15)20(11-23)7-8-25(12-20)19(28)24-10-13-1-3-14(4-2-13)18(26)27;7-5-3-1-2-4-6(5)8;1-5(2,3)4/h5-6,9,13-14H,1-4,7-8,10,12H2,(H,24,28)(H,26,27);1-4H;1-4H3. The van der Waals surface area contributed by atoms with Gasteiger partial charge in [-0.1, -0.05) is 69.1 Å². The second-order valence-electron chi connectivity index (χ2n) is 12.1. The average molecular weight is 611 g/mol. The number of halogens is 4. The first-order chi connectivity index (χ1) is 19.1. The Balaban J connectivity index is 0.000000373.